The Kier molecular flexibility index (Phi) is 4.05. The van der Waals surface area contributed by atoms with Gasteiger partial charge in [0, 0.05) is 30.8 Å². The third-order valence-electron chi connectivity index (χ3n) is 4.70. The number of alkyl halides is 2. The minimum absolute atomic E-state index is 0.231. The second-order valence-corrected chi connectivity index (χ2v) is 6.48. The number of ether oxygens (including phenoxy) is 1. The monoisotopic (exact) mass is 383 g/mol. The van der Waals surface area contributed by atoms with Crippen LogP contribution in [-0.2, 0) is 4.74 Å². The molecule has 10 heteroatoms. The van der Waals surface area contributed by atoms with Gasteiger partial charge in [-0.25, -0.2) is 28.7 Å². The molecule has 1 fully saturated rings. The number of fused-ring (bicyclic) bond motifs is 1. The molecule has 5 heterocycles. The first kappa shape index (κ1) is 16.9. The van der Waals surface area contributed by atoms with Crippen LogP contribution in [0.4, 0.5) is 8.78 Å². The molecule has 0 spiro atoms. The fourth-order valence-corrected chi connectivity index (χ4v) is 3.23. The summed E-state index contributed by atoms with van der Waals surface area (Å²) >= 11 is 0. The highest BCUT2D eigenvalue weighted by atomic mass is 19.3. The second-order valence-electron chi connectivity index (χ2n) is 6.48. The van der Waals surface area contributed by atoms with Crippen molar-refractivity contribution in [3.63, 3.8) is 0 Å². The van der Waals surface area contributed by atoms with Gasteiger partial charge in [-0.05, 0) is 12.5 Å². The minimum Gasteiger partial charge on any atom is -0.379 e. The molecule has 0 radical (unpaired) electrons. The van der Waals surface area contributed by atoms with Gasteiger partial charge in [-0.15, -0.1) is 0 Å². The Morgan fingerprint density at radius 2 is 2.04 bits per heavy atom. The Bertz CT molecular complexity index is 1130. The van der Waals surface area contributed by atoms with Crippen molar-refractivity contribution in [2.24, 2.45) is 0 Å². The van der Waals surface area contributed by atoms with Gasteiger partial charge in [0.2, 0.25) is 0 Å². The molecule has 1 aliphatic heterocycles. The molecule has 0 bridgehead atoms. The molecule has 0 saturated carbocycles. The van der Waals surface area contributed by atoms with Crippen molar-refractivity contribution in [2.45, 2.75) is 18.9 Å². The molecule has 1 atom stereocenters. The standard InChI is InChI=1S/C18H15F2N7O/c19-17(20)14-9-26-15(6-23-16(26)7-22-14)18-21-3-1-13(25-18)11-5-24-27(8-11)12-2-4-28-10-12/h1,3,5-9,12,17H,2,4,10H2. The van der Waals surface area contributed by atoms with Gasteiger partial charge in [-0.3, -0.25) is 9.08 Å². The summed E-state index contributed by atoms with van der Waals surface area (Å²) in [4.78, 5) is 16.8. The van der Waals surface area contributed by atoms with Crippen LogP contribution in [0.25, 0.3) is 28.4 Å². The van der Waals surface area contributed by atoms with Gasteiger partial charge in [0.05, 0.1) is 36.9 Å². The summed E-state index contributed by atoms with van der Waals surface area (Å²) in [6.45, 7) is 1.39. The highest BCUT2D eigenvalue weighted by molar-refractivity contribution is 5.62. The summed E-state index contributed by atoms with van der Waals surface area (Å²) in [5, 5.41) is 4.42. The zero-order chi connectivity index (χ0) is 19.1. The summed E-state index contributed by atoms with van der Waals surface area (Å²) in [7, 11) is 0. The van der Waals surface area contributed by atoms with Crippen LogP contribution in [0.15, 0.2) is 43.2 Å². The van der Waals surface area contributed by atoms with Gasteiger partial charge < -0.3 is 4.74 Å². The van der Waals surface area contributed by atoms with Gasteiger partial charge in [0.15, 0.2) is 11.5 Å². The molecule has 5 rings (SSSR count). The van der Waals surface area contributed by atoms with Gasteiger partial charge in [-0.1, -0.05) is 0 Å². The number of halogens is 2. The first-order valence-corrected chi connectivity index (χ1v) is 8.76. The maximum Gasteiger partial charge on any atom is 0.281 e. The van der Waals surface area contributed by atoms with Crippen molar-refractivity contribution in [3.05, 3.63) is 48.9 Å². The third-order valence-corrected chi connectivity index (χ3v) is 4.70. The molecule has 0 aliphatic carbocycles. The minimum atomic E-state index is -2.67. The van der Waals surface area contributed by atoms with Crippen LogP contribution in [0.5, 0.6) is 0 Å². The summed E-state index contributed by atoms with van der Waals surface area (Å²) in [6, 6.07) is 2.01. The van der Waals surface area contributed by atoms with Crippen molar-refractivity contribution in [1.82, 2.24) is 34.1 Å². The largest absolute Gasteiger partial charge is 0.379 e. The molecule has 4 aromatic heterocycles. The van der Waals surface area contributed by atoms with E-state index >= 15 is 0 Å². The van der Waals surface area contributed by atoms with Crippen LogP contribution >= 0.6 is 0 Å². The smallest absolute Gasteiger partial charge is 0.281 e. The van der Waals surface area contributed by atoms with E-state index in [0.717, 1.165) is 18.6 Å². The van der Waals surface area contributed by atoms with Crippen molar-refractivity contribution < 1.29 is 13.5 Å². The maximum atomic E-state index is 13.0. The van der Waals surface area contributed by atoms with Gasteiger partial charge >= 0.3 is 0 Å². The van der Waals surface area contributed by atoms with E-state index in [4.69, 9.17) is 4.74 Å². The molecule has 1 unspecified atom stereocenters. The Balaban J connectivity index is 1.52. The molecule has 0 amide bonds. The van der Waals surface area contributed by atoms with Gasteiger partial charge in [0.25, 0.3) is 6.43 Å². The zero-order valence-corrected chi connectivity index (χ0v) is 14.6. The lowest BCUT2D eigenvalue weighted by Crippen LogP contribution is -2.08. The first-order chi connectivity index (χ1) is 13.7. The molecule has 1 saturated heterocycles. The maximum absolute atomic E-state index is 13.0. The molecular formula is C18H15F2N7O. The Hall–Kier alpha value is -3.27. The predicted molar refractivity (Wildman–Crippen MR) is 94.7 cm³/mol. The molecule has 0 aromatic carbocycles. The third kappa shape index (κ3) is 2.91. The lowest BCUT2D eigenvalue weighted by Gasteiger charge is -2.07. The topological polar surface area (TPSA) is 83.0 Å². The highest BCUT2D eigenvalue weighted by Gasteiger charge is 2.19. The van der Waals surface area contributed by atoms with Crippen molar-refractivity contribution in [2.75, 3.05) is 13.2 Å². The van der Waals surface area contributed by atoms with Crippen LogP contribution in [0, 0.1) is 0 Å². The van der Waals surface area contributed by atoms with E-state index in [0.29, 0.717) is 29.5 Å². The van der Waals surface area contributed by atoms with E-state index < -0.39 is 6.43 Å². The quantitative estimate of drug-likeness (QED) is 0.539. The molecule has 142 valence electrons. The summed E-state index contributed by atoms with van der Waals surface area (Å²) < 4.78 is 34.8. The number of hydrogen-bond donors (Lipinski definition) is 0. The first-order valence-electron chi connectivity index (χ1n) is 8.76. The Morgan fingerprint density at radius 1 is 1.11 bits per heavy atom. The van der Waals surface area contributed by atoms with Crippen LogP contribution in [-0.4, -0.2) is 47.3 Å². The SMILES string of the molecule is FC(F)c1cn2c(-c3nccc(-c4cnn(C5CCOC5)c4)n3)cnc2cn1. The zero-order valence-electron chi connectivity index (χ0n) is 14.6. The number of imidazole rings is 1. The van der Waals surface area contributed by atoms with E-state index in [1.807, 2.05) is 10.9 Å². The highest BCUT2D eigenvalue weighted by Crippen LogP contribution is 2.25. The number of hydrogen-bond acceptors (Lipinski definition) is 6. The van der Waals surface area contributed by atoms with Crippen LogP contribution in [0.1, 0.15) is 24.6 Å². The summed E-state index contributed by atoms with van der Waals surface area (Å²) in [5.74, 6) is 0.383. The predicted octanol–water partition coefficient (Wildman–Crippen LogP) is 2.95. The van der Waals surface area contributed by atoms with Crippen LogP contribution < -0.4 is 0 Å². The molecule has 1 aliphatic rings. The summed E-state index contributed by atoms with van der Waals surface area (Å²) in [6.07, 6.45) is 7.68. The average Bonchev–Trinajstić information content (AvgIpc) is 3.47. The van der Waals surface area contributed by atoms with E-state index in [-0.39, 0.29) is 11.7 Å². The molecule has 28 heavy (non-hydrogen) atoms. The second kappa shape index (κ2) is 6.71. The fraction of sp³-hybridized carbons (Fsp3) is 0.278. The Morgan fingerprint density at radius 3 is 2.86 bits per heavy atom. The van der Waals surface area contributed by atoms with Crippen molar-refractivity contribution in [1.29, 1.82) is 0 Å². The normalized spacial score (nSPS) is 17.0. The average molecular weight is 383 g/mol. The fourth-order valence-electron chi connectivity index (χ4n) is 3.23. The van der Waals surface area contributed by atoms with Crippen molar-refractivity contribution >= 4 is 5.65 Å². The van der Waals surface area contributed by atoms with Gasteiger partial charge in [0.1, 0.15) is 11.4 Å². The number of aromatic nitrogens is 7. The number of nitrogens with zero attached hydrogens (tertiary/aromatic N) is 7. The summed E-state index contributed by atoms with van der Waals surface area (Å²) in [5.41, 5.74) is 2.16. The number of rotatable bonds is 4. The van der Waals surface area contributed by atoms with Crippen molar-refractivity contribution in [3.8, 4) is 22.8 Å². The van der Waals surface area contributed by atoms with Crippen LogP contribution in [0.3, 0.4) is 0 Å². The molecule has 8 nitrogen and oxygen atoms in total. The van der Waals surface area contributed by atoms with E-state index in [9.17, 15) is 8.78 Å². The van der Waals surface area contributed by atoms with Crippen LogP contribution in [0.2, 0.25) is 0 Å². The van der Waals surface area contributed by atoms with E-state index in [2.05, 4.69) is 25.0 Å². The lowest BCUT2D eigenvalue weighted by molar-refractivity contribution is 0.145. The van der Waals surface area contributed by atoms with E-state index in [1.54, 1.807) is 24.7 Å². The lowest BCUT2D eigenvalue weighted by atomic mass is 10.2. The molecular weight excluding hydrogens is 368 g/mol. The molecule has 0 N–H and O–H groups in total. The van der Waals surface area contributed by atoms with E-state index in [1.165, 1.54) is 16.8 Å². The van der Waals surface area contributed by atoms with Gasteiger partial charge in [-0.2, -0.15) is 5.10 Å². The Labute approximate surface area is 157 Å². The molecule has 4 aromatic rings.